The molecule has 1 N–H and O–H groups in total. The fourth-order valence-corrected chi connectivity index (χ4v) is 2.37. The average molecular weight is 244 g/mol. The first-order valence-corrected chi connectivity index (χ1v) is 6.33. The first-order chi connectivity index (χ1) is 7.53. The van der Waals surface area contributed by atoms with Crippen LogP contribution >= 0.6 is 11.6 Å². The lowest BCUT2D eigenvalue weighted by molar-refractivity contribution is 0.418. The molecule has 1 heterocycles. The summed E-state index contributed by atoms with van der Waals surface area (Å²) in [5.74, 6) is 0. The quantitative estimate of drug-likeness (QED) is 0.779. The molecule has 0 aliphatic heterocycles. The molecule has 3 nitrogen and oxygen atoms in total. The summed E-state index contributed by atoms with van der Waals surface area (Å²) in [5, 5.41) is 8.42. The van der Waals surface area contributed by atoms with Crippen molar-refractivity contribution in [2.24, 2.45) is 0 Å². The van der Waals surface area contributed by atoms with Gasteiger partial charge in [0.1, 0.15) is 0 Å². The molecule has 0 radical (unpaired) electrons. The molecule has 4 heteroatoms. The molecule has 0 atom stereocenters. The number of hydrogen-bond acceptors (Lipinski definition) is 2. The van der Waals surface area contributed by atoms with Gasteiger partial charge >= 0.3 is 0 Å². The Morgan fingerprint density at radius 3 is 2.69 bits per heavy atom. The fraction of sp³-hybridized carbons (Fsp3) is 0.750. The van der Waals surface area contributed by atoms with Gasteiger partial charge in [-0.25, -0.2) is 0 Å². The predicted octanol–water partition coefficient (Wildman–Crippen LogP) is 2.83. The van der Waals surface area contributed by atoms with Crippen molar-refractivity contribution in [3.05, 3.63) is 16.9 Å². The van der Waals surface area contributed by atoms with Crippen molar-refractivity contribution in [2.75, 3.05) is 13.1 Å². The predicted molar refractivity (Wildman–Crippen MR) is 69.1 cm³/mol. The molecule has 0 bridgehead atoms. The van der Waals surface area contributed by atoms with E-state index in [2.05, 4.69) is 38.1 Å². The highest BCUT2D eigenvalue weighted by Gasteiger charge is 2.27. The molecule has 0 saturated carbocycles. The maximum atomic E-state index is 6.22. The molecule has 1 rings (SSSR count). The normalized spacial score (nSPS) is 12.1. The van der Waals surface area contributed by atoms with E-state index in [4.69, 9.17) is 11.6 Å². The third-order valence-corrected chi connectivity index (χ3v) is 3.19. The van der Waals surface area contributed by atoms with Crippen molar-refractivity contribution in [3.63, 3.8) is 0 Å². The van der Waals surface area contributed by atoms with Gasteiger partial charge in [0.2, 0.25) is 0 Å². The molecule has 0 aromatic carbocycles. The molecular weight excluding hydrogens is 222 g/mol. The molecule has 92 valence electrons. The van der Waals surface area contributed by atoms with Gasteiger partial charge in [-0.05, 0) is 26.4 Å². The minimum atomic E-state index is 0.0613. The molecule has 16 heavy (non-hydrogen) atoms. The van der Waals surface area contributed by atoms with Crippen LogP contribution in [0.15, 0.2) is 6.20 Å². The van der Waals surface area contributed by atoms with Crippen molar-refractivity contribution >= 4 is 11.6 Å². The highest BCUT2D eigenvalue weighted by Crippen LogP contribution is 2.32. The first kappa shape index (κ1) is 13.5. The molecule has 1 aromatic rings. The van der Waals surface area contributed by atoms with Crippen LogP contribution in [0.3, 0.4) is 0 Å². The van der Waals surface area contributed by atoms with E-state index in [-0.39, 0.29) is 5.41 Å². The third kappa shape index (κ3) is 2.98. The summed E-state index contributed by atoms with van der Waals surface area (Å²) in [6.45, 7) is 11.5. The number of aryl methyl sites for hydroxylation is 1. The number of aromatic nitrogens is 2. The topological polar surface area (TPSA) is 29.9 Å². The minimum Gasteiger partial charge on any atom is -0.317 e. The number of nitrogens with zero attached hydrogens (tertiary/aromatic N) is 2. The molecule has 0 saturated heterocycles. The van der Waals surface area contributed by atoms with Gasteiger partial charge < -0.3 is 5.32 Å². The van der Waals surface area contributed by atoms with E-state index in [1.165, 1.54) is 0 Å². The Morgan fingerprint density at radius 1 is 1.44 bits per heavy atom. The lowest BCUT2D eigenvalue weighted by Crippen LogP contribution is -2.28. The van der Waals surface area contributed by atoms with E-state index >= 15 is 0 Å². The molecule has 1 aromatic heterocycles. The van der Waals surface area contributed by atoms with Crippen LogP contribution in [0.4, 0.5) is 0 Å². The Kier molecular flexibility index (Phi) is 4.81. The molecule has 0 unspecified atom stereocenters. The van der Waals surface area contributed by atoms with Crippen LogP contribution in [0, 0.1) is 0 Å². The number of nitrogens with one attached hydrogen (secondary N) is 1. The zero-order chi connectivity index (χ0) is 12.2. The second-order valence-electron chi connectivity index (χ2n) is 4.64. The van der Waals surface area contributed by atoms with Crippen LogP contribution < -0.4 is 5.32 Å². The Balaban J connectivity index is 2.83. The lowest BCUT2D eigenvalue weighted by Gasteiger charge is -2.26. The molecule has 0 aliphatic carbocycles. The SMILES string of the molecule is CCNCCC(C)(C)c1c(Cl)cnn1CC. The van der Waals surface area contributed by atoms with Crippen molar-refractivity contribution in [3.8, 4) is 0 Å². The maximum Gasteiger partial charge on any atom is 0.0823 e. The summed E-state index contributed by atoms with van der Waals surface area (Å²) in [5.41, 5.74) is 1.21. The maximum absolute atomic E-state index is 6.22. The van der Waals surface area contributed by atoms with Crippen LogP contribution in [0.1, 0.15) is 39.8 Å². The minimum absolute atomic E-state index is 0.0613. The largest absolute Gasteiger partial charge is 0.317 e. The number of hydrogen-bond donors (Lipinski definition) is 1. The summed E-state index contributed by atoms with van der Waals surface area (Å²) in [6.07, 6.45) is 2.81. The lowest BCUT2D eigenvalue weighted by atomic mass is 9.85. The van der Waals surface area contributed by atoms with Crippen LogP contribution in [-0.4, -0.2) is 22.9 Å². The Labute approximate surface area is 103 Å². The summed E-state index contributed by atoms with van der Waals surface area (Å²) in [4.78, 5) is 0. The van der Waals surface area contributed by atoms with Gasteiger partial charge in [-0.2, -0.15) is 5.10 Å². The van der Waals surface area contributed by atoms with Crippen molar-refractivity contribution in [1.82, 2.24) is 15.1 Å². The van der Waals surface area contributed by atoms with Crippen LogP contribution in [0.25, 0.3) is 0 Å². The Morgan fingerprint density at radius 2 is 2.12 bits per heavy atom. The molecular formula is C12H22ClN3. The van der Waals surface area contributed by atoms with Crippen molar-refractivity contribution < 1.29 is 0 Å². The number of rotatable bonds is 6. The monoisotopic (exact) mass is 243 g/mol. The Bertz CT molecular complexity index is 331. The Hall–Kier alpha value is -0.540. The number of halogens is 1. The van der Waals surface area contributed by atoms with Gasteiger partial charge in [-0.3, -0.25) is 4.68 Å². The zero-order valence-corrected chi connectivity index (χ0v) is 11.4. The van der Waals surface area contributed by atoms with Crippen LogP contribution in [-0.2, 0) is 12.0 Å². The van der Waals surface area contributed by atoms with E-state index < -0.39 is 0 Å². The smallest absolute Gasteiger partial charge is 0.0823 e. The summed E-state index contributed by atoms with van der Waals surface area (Å²) in [7, 11) is 0. The molecule has 0 fully saturated rings. The zero-order valence-electron chi connectivity index (χ0n) is 10.7. The standard InChI is InChI=1S/C12H22ClN3/c1-5-14-8-7-12(3,4)11-10(13)9-15-16(11)6-2/h9,14H,5-8H2,1-4H3. The second kappa shape index (κ2) is 5.69. The van der Waals surface area contributed by atoms with Gasteiger partial charge in [0.25, 0.3) is 0 Å². The summed E-state index contributed by atoms with van der Waals surface area (Å²) >= 11 is 6.22. The average Bonchev–Trinajstić information content (AvgIpc) is 2.60. The summed E-state index contributed by atoms with van der Waals surface area (Å²) < 4.78 is 1.99. The van der Waals surface area contributed by atoms with Crippen LogP contribution in [0.2, 0.25) is 5.02 Å². The van der Waals surface area contributed by atoms with Gasteiger partial charge in [0, 0.05) is 12.0 Å². The summed E-state index contributed by atoms with van der Waals surface area (Å²) in [6, 6.07) is 0. The van der Waals surface area contributed by atoms with Gasteiger partial charge in [0.15, 0.2) is 0 Å². The van der Waals surface area contributed by atoms with E-state index in [9.17, 15) is 0 Å². The molecule has 0 spiro atoms. The van der Waals surface area contributed by atoms with Gasteiger partial charge in [-0.15, -0.1) is 0 Å². The van der Waals surface area contributed by atoms with Crippen LogP contribution in [0.5, 0.6) is 0 Å². The van der Waals surface area contributed by atoms with Gasteiger partial charge in [-0.1, -0.05) is 32.4 Å². The van der Waals surface area contributed by atoms with Crippen molar-refractivity contribution in [1.29, 1.82) is 0 Å². The van der Waals surface area contributed by atoms with Gasteiger partial charge in [0.05, 0.1) is 16.9 Å². The second-order valence-corrected chi connectivity index (χ2v) is 5.05. The fourth-order valence-electron chi connectivity index (χ4n) is 1.97. The van der Waals surface area contributed by atoms with E-state index in [0.717, 1.165) is 36.8 Å². The van der Waals surface area contributed by atoms with Crippen molar-refractivity contribution in [2.45, 2.75) is 46.1 Å². The highest BCUT2D eigenvalue weighted by molar-refractivity contribution is 6.31. The van der Waals surface area contributed by atoms with E-state index in [0.29, 0.717) is 0 Å². The highest BCUT2D eigenvalue weighted by atomic mass is 35.5. The third-order valence-electron chi connectivity index (χ3n) is 2.91. The first-order valence-electron chi connectivity index (χ1n) is 5.95. The molecule has 0 aliphatic rings. The van der Waals surface area contributed by atoms with E-state index in [1.54, 1.807) is 6.20 Å². The molecule has 0 amide bonds. The van der Waals surface area contributed by atoms with E-state index in [1.807, 2.05) is 4.68 Å².